The number of para-hydroxylation sites is 1. The number of hydrogen-bond acceptors (Lipinski definition) is 5. The second-order valence-electron chi connectivity index (χ2n) is 4.63. The first-order chi connectivity index (χ1) is 9.70. The molecule has 0 aliphatic carbocycles. The van der Waals surface area contributed by atoms with Crippen molar-refractivity contribution in [1.82, 2.24) is 4.90 Å². The average molecular weight is 275 g/mol. The highest BCUT2D eigenvalue weighted by molar-refractivity contribution is 5.82. The highest BCUT2D eigenvalue weighted by Gasteiger charge is 2.18. The van der Waals surface area contributed by atoms with Crippen LogP contribution >= 0.6 is 0 Å². The average Bonchev–Trinajstić information content (AvgIpc) is 2.48. The van der Waals surface area contributed by atoms with Crippen molar-refractivity contribution in [2.75, 3.05) is 37.7 Å². The molecule has 1 aromatic rings. The Bertz CT molecular complexity index is 465. The van der Waals surface area contributed by atoms with Crippen LogP contribution in [0, 0.1) is 0 Å². The Labute approximate surface area is 119 Å². The number of hydrogen-bond donors (Lipinski definition) is 1. The van der Waals surface area contributed by atoms with Gasteiger partial charge in [0.15, 0.2) is 0 Å². The third-order valence-electron chi connectivity index (χ3n) is 3.32. The summed E-state index contributed by atoms with van der Waals surface area (Å²) in [5.74, 6) is 0.103. The predicted molar refractivity (Wildman–Crippen MR) is 79.1 cm³/mol. The molecule has 0 saturated carbocycles. The number of rotatable bonds is 4. The van der Waals surface area contributed by atoms with E-state index in [1.165, 1.54) is 11.8 Å². The summed E-state index contributed by atoms with van der Waals surface area (Å²) in [5, 5.41) is 0. The molecule has 1 fully saturated rings. The highest BCUT2D eigenvalue weighted by Crippen LogP contribution is 2.16. The molecule has 0 radical (unpaired) electrons. The third-order valence-corrected chi connectivity index (χ3v) is 3.32. The van der Waals surface area contributed by atoms with Gasteiger partial charge < -0.3 is 20.3 Å². The van der Waals surface area contributed by atoms with E-state index in [1.54, 1.807) is 6.92 Å². The molecular formula is C15H21N3O2. The lowest BCUT2D eigenvalue weighted by Crippen LogP contribution is -2.47. The van der Waals surface area contributed by atoms with E-state index < -0.39 is 0 Å². The van der Waals surface area contributed by atoms with E-state index in [0.717, 1.165) is 26.2 Å². The summed E-state index contributed by atoms with van der Waals surface area (Å²) >= 11 is 0. The number of carbonyl (C=O) groups excluding carboxylic acids is 1. The van der Waals surface area contributed by atoms with Crippen molar-refractivity contribution in [3.63, 3.8) is 0 Å². The number of benzene rings is 1. The number of anilines is 1. The standard InChI is InChI=1S/C15H21N3O2/c1-2-20-15(19)12-14(16)18-10-8-17(9-11-18)13-6-4-3-5-7-13/h3-7,12H,2,8-11,16H2,1H3/b14-12+. The van der Waals surface area contributed by atoms with E-state index in [4.69, 9.17) is 10.5 Å². The number of nitrogens with zero attached hydrogens (tertiary/aromatic N) is 2. The lowest BCUT2D eigenvalue weighted by Gasteiger charge is -2.37. The minimum Gasteiger partial charge on any atom is -0.463 e. The number of ether oxygens (including phenoxy) is 1. The van der Waals surface area contributed by atoms with Crippen LogP contribution in [0.5, 0.6) is 0 Å². The van der Waals surface area contributed by atoms with Gasteiger partial charge in [-0.25, -0.2) is 4.79 Å². The van der Waals surface area contributed by atoms with Crippen LogP contribution < -0.4 is 10.6 Å². The Hall–Kier alpha value is -2.17. The van der Waals surface area contributed by atoms with Crippen LogP contribution in [0.25, 0.3) is 0 Å². The highest BCUT2D eigenvalue weighted by atomic mass is 16.5. The van der Waals surface area contributed by atoms with Gasteiger partial charge in [0.05, 0.1) is 12.7 Å². The first-order valence-electron chi connectivity index (χ1n) is 6.89. The zero-order chi connectivity index (χ0) is 14.4. The van der Waals surface area contributed by atoms with E-state index in [0.29, 0.717) is 12.4 Å². The maximum absolute atomic E-state index is 11.4. The van der Waals surface area contributed by atoms with Crippen molar-refractivity contribution in [1.29, 1.82) is 0 Å². The zero-order valence-corrected chi connectivity index (χ0v) is 11.8. The van der Waals surface area contributed by atoms with Crippen molar-refractivity contribution in [2.24, 2.45) is 5.73 Å². The fourth-order valence-corrected chi connectivity index (χ4v) is 2.26. The molecule has 5 nitrogen and oxygen atoms in total. The minimum absolute atomic E-state index is 0.365. The molecule has 0 aromatic heterocycles. The summed E-state index contributed by atoms with van der Waals surface area (Å²) in [7, 11) is 0. The lowest BCUT2D eigenvalue weighted by molar-refractivity contribution is -0.137. The molecule has 20 heavy (non-hydrogen) atoms. The van der Waals surface area contributed by atoms with E-state index in [2.05, 4.69) is 17.0 Å². The molecule has 1 aromatic carbocycles. The van der Waals surface area contributed by atoms with Gasteiger partial charge in [-0.15, -0.1) is 0 Å². The second-order valence-corrected chi connectivity index (χ2v) is 4.63. The smallest absolute Gasteiger partial charge is 0.334 e. The van der Waals surface area contributed by atoms with E-state index in [1.807, 2.05) is 23.1 Å². The molecule has 2 N–H and O–H groups in total. The number of esters is 1. The topological polar surface area (TPSA) is 58.8 Å². The number of nitrogens with two attached hydrogens (primary N) is 1. The molecular weight excluding hydrogens is 254 g/mol. The molecule has 0 unspecified atom stereocenters. The van der Waals surface area contributed by atoms with E-state index >= 15 is 0 Å². The Morgan fingerprint density at radius 2 is 1.90 bits per heavy atom. The first-order valence-corrected chi connectivity index (χ1v) is 6.89. The van der Waals surface area contributed by atoms with Gasteiger partial charge >= 0.3 is 5.97 Å². The lowest BCUT2D eigenvalue weighted by atomic mass is 10.2. The Morgan fingerprint density at radius 1 is 1.25 bits per heavy atom. The molecule has 0 atom stereocenters. The molecule has 1 heterocycles. The Balaban J connectivity index is 1.89. The van der Waals surface area contributed by atoms with Crippen LogP contribution in [0.4, 0.5) is 5.69 Å². The maximum Gasteiger partial charge on any atom is 0.334 e. The van der Waals surface area contributed by atoms with Gasteiger partial charge in [-0.3, -0.25) is 0 Å². The number of carbonyl (C=O) groups is 1. The molecule has 1 saturated heterocycles. The number of piperazine rings is 1. The largest absolute Gasteiger partial charge is 0.463 e. The summed E-state index contributed by atoms with van der Waals surface area (Å²) in [4.78, 5) is 15.7. The van der Waals surface area contributed by atoms with Crippen LogP contribution in [0.1, 0.15) is 6.92 Å². The molecule has 0 spiro atoms. The molecule has 1 aliphatic heterocycles. The van der Waals surface area contributed by atoms with Crippen LogP contribution in [0.3, 0.4) is 0 Å². The van der Waals surface area contributed by atoms with Gasteiger partial charge in [-0.1, -0.05) is 18.2 Å². The van der Waals surface area contributed by atoms with Crippen molar-refractivity contribution < 1.29 is 9.53 Å². The van der Waals surface area contributed by atoms with Gasteiger partial charge in [0.25, 0.3) is 0 Å². The summed E-state index contributed by atoms with van der Waals surface area (Å²) in [6.07, 6.45) is 1.36. The SMILES string of the molecule is CCOC(=O)/C=C(\N)N1CCN(c2ccccc2)CC1. The fraction of sp³-hybridized carbons (Fsp3) is 0.400. The maximum atomic E-state index is 11.4. The van der Waals surface area contributed by atoms with Crippen LogP contribution in [-0.4, -0.2) is 43.7 Å². The monoisotopic (exact) mass is 275 g/mol. The van der Waals surface area contributed by atoms with Crippen LogP contribution in [0.15, 0.2) is 42.2 Å². The normalized spacial score (nSPS) is 16.1. The van der Waals surface area contributed by atoms with Gasteiger partial charge in [0, 0.05) is 31.9 Å². The summed E-state index contributed by atoms with van der Waals surface area (Å²) in [6.45, 7) is 5.53. The summed E-state index contributed by atoms with van der Waals surface area (Å²) in [5.41, 5.74) is 7.15. The van der Waals surface area contributed by atoms with Crippen molar-refractivity contribution in [3.05, 3.63) is 42.2 Å². The Morgan fingerprint density at radius 3 is 2.50 bits per heavy atom. The zero-order valence-electron chi connectivity index (χ0n) is 11.8. The van der Waals surface area contributed by atoms with E-state index in [9.17, 15) is 4.79 Å². The quantitative estimate of drug-likeness (QED) is 0.660. The summed E-state index contributed by atoms with van der Waals surface area (Å²) in [6, 6.07) is 10.3. The van der Waals surface area contributed by atoms with Crippen LogP contribution in [-0.2, 0) is 9.53 Å². The predicted octanol–water partition coefficient (Wildman–Crippen LogP) is 1.17. The molecule has 0 amide bonds. The fourth-order valence-electron chi connectivity index (χ4n) is 2.26. The van der Waals surface area contributed by atoms with E-state index in [-0.39, 0.29) is 5.97 Å². The summed E-state index contributed by atoms with van der Waals surface area (Å²) < 4.78 is 4.86. The molecule has 1 aliphatic rings. The molecule has 0 bridgehead atoms. The second kappa shape index (κ2) is 6.84. The van der Waals surface area contributed by atoms with Crippen molar-refractivity contribution >= 4 is 11.7 Å². The minimum atomic E-state index is -0.379. The molecule has 108 valence electrons. The molecule has 2 rings (SSSR count). The van der Waals surface area contributed by atoms with Gasteiger partial charge in [0.1, 0.15) is 5.82 Å². The molecule has 5 heteroatoms. The van der Waals surface area contributed by atoms with Gasteiger partial charge in [0.2, 0.25) is 0 Å². The van der Waals surface area contributed by atoms with Gasteiger partial charge in [-0.2, -0.15) is 0 Å². The van der Waals surface area contributed by atoms with Crippen molar-refractivity contribution in [3.8, 4) is 0 Å². The third kappa shape index (κ3) is 3.66. The van der Waals surface area contributed by atoms with Crippen LogP contribution in [0.2, 0.25) is 0 Å². The first kappa shape index (κ1) is 14.2. The van der Waals surface area contributed by atoms with Crippen molar-refractivity contribution in [2.45, 2.75) is 6.92 Å². The van der Waals surface area contributed by atoms with Gasteiger partial charge in [-0.05, 0) is 19.1 Å². The Kier molecular flexibility index (Phi) is 4.87.